The van der Waals surface area contributed by atoms with Gasteiger partial charge in [0.2, 0.25) is 0 Å². The van der Waals surface area contributed by atoms with Crippen LogP contribution in [0.15, 0.2) is 24.3 Å². The molecule has 0 saturated carbocycles. The molecule has 98 valence electrons. The largest absolute Gasteiger partial charge is 0.497 e. The molecule has 0 aliphatic rings. The standard InChI is InChI=1S/C15H20O3/c1-15(2,3)14(16)9-7-11-6-8-12(17-4)10-13(11)18-5/h6-10H,1-5H3/b9-7+. The molecule has 0 radical (unpaired) electrons. The van der Waals surface area contributed by atoms with Crippen LogP contribution in [-0.2, 0) is 4.79 Å². The number of benzene rings is 1. The van der Waals surface area contributed by atoms with Crippen LogP contribution in [0.5, 0.6) is 11.5 Å². The highest BCUT2D eigenvalue weighted by Crippen LogP contribution is 2.26. The highest BCUT2D eigenvalue weighted by atomic mass is 16.5. The molecule has 0 spiro atoms. The van der Waals surface area contributed by atoms with Crippen LogP contribution in [0.4, 0.5) is 0 Å². The van der Waals surface area contributed by atoms with E-state index >= 15 is 0 Å². The van der Waals surface area contributed by atoms with E-state index in [9.17, 15) is 4.79 Å². The van der Waals surface area contributed by atoms with E-state index in [4.69, 9.17) is 9.47 Å². The average molecular weight is 248 g/mol. The minimum absolute atomic E-state index is 0.0837. The predicted molar refractivity (Wildman–Crippen MR) is 73.0 cm³/mol. The maximum atomic E-state index is 11.8. The number of rotatable bonds is 4. The zero-order chi connectivity index (χ0) is 13.8. The van der Waals surface area contributed by atoms with Crippen LogP contribution in [0.3, 0.4) is 0 Å². The Morgan fingerprint density at radius 2 is 1.83 bits per heavy atom. The van der Waals surface area contributed by atoms with Gasteiger partial charge in [-0.1, -0.05) is 20.8 Å². The molecule has 0 fully saturated rings. The lowest BCUT2D eigenvalue weighted by Gasteiger charge is -2.13. The van der Waals surface area contributed by atoms with E-state index in [1.165, 1.54) is 0 Å². The van der Waals surface area contributed by atoms with Gasteiger partial charge in [-0.2, -0.15) is 0 Å². The Morgan fingerprint density at radius 1 is 1.17 bits per heavy atom. The van der Waals surface area contributed by atoms with Crippen molar-refractivity contribution in [3.8, 4) is 11.5 Å². The fraction of sp³-hybridized carbons (Fsp3) is 0.400. The van der Waals surface area contributed by atoms with Gasteiger partial charge >= 0.3 is 0 Å². The lowest BCUT2D eigenvalue weighted by atomic mass is 9.90. The second-order valence-electron chi connectivity index (χ2n) is 5.06. The second-order valence-corrected chi connectivity index (χ2v) is 5.06. The highest BCUT2D eigenvalue weighted by molar-refractivity contribution is 5.97. The molecule has 0 aliphatic carbocycles. The number of ketones is 1. The van der Waals surface area contributed by atoms with Crippen molar-refractivity contribution in [1.29, 1.82) is 0 Å². The lowest BCUT2D eigenvalue weighted by Crippen LogP contribution is -2.17. The van der Waals surface area contributed by atoms with Crippen LogP contribution in [-0.4, -0.2) is 20.0 Å². The molecular weight excluding hydrogens is 228 g/mol. The Balaban J connectivity index is 2.97. The first-order valence-corrected chi connectivity index (χ1v) is 5.83. The van der Waals surface area contributed by atoms with Crippen LogP contribution in [0.1, 0.15) is 26.3 Å². The SMILES string of the molecule is COc1ccc(/C=C/C(=O)C(C)(C)C)c(OC)c1. The summed E-state index contributed by atoms with van der Waals surface area (Å²) >= 11 is 0. The third-order valence-electron chi connectivity index (χ3n) is 2.59. The van der Waals surface area contributed by atoms with E-state index in [0.717, 1.165) is 11.3 Å². The van der Waals surface area contributed by atoms with Gasteiger partial charge in [-0.3, -0.25) is 4.79 Å². The first kappa shape index (κ1) is 14.3. The van der Waals surface area contributed by atoms with E-state index in [2.05, 4.69) is 0 Å². The van der Waals surface area contributed by atoms with Crippen molar-refractivity contribution in [2.24, 2.45) is 5.41 Å². The van der Waals surface area contributed by atoms with E-state index in [1.54, 1.807) is 32.4 Å². The molecule has 0 unspecified atom stereocenters. The van der Waals surface area contributed by atoms with Crippen molar-refractivity contribution in [3.63, 3.8) is 0 Å². The van der Waals surface area contributed by atoms with Crippen LogP contribution in [0.25, 0.3) is 6.08 Å². The Kier molecular flexibility index (Phi) is 4.54. The fourth-order valence-corrected chi connectivity index (χ4v) is 1.37. The number of carbonyl (C=O) groups excluding carboxylic acids is 1. The molecule has 0 bridgehead atoms. The molecule has 1 rings (SSSR count). The summed E-state index contributed by atoms with van der Waals surface area (Å²) in [4.78, 5) is 11.8. The molecule has 1 aromatic rings. The predicted octanol–water partition coefficient (Wildman–Crippen LogP) is 3.33. The third-order valence-corrected chi connectivity index (χ3v) is 2.59. The van der Waals surface area contributed by atoms with Crippen molar-refractivity contribution < 1.29 is 14.3 Å². The number of allylic oxidation sites excluding steroid dienone is 1. The topological polar surface area (TPSA) is 35.5 Å². The van der Waals surface area contributed by atoms with Gasteiger partial charge in [0.1, 0.15) is 11.5 Å². The molecule has 18 heavy (non-hydrogen) atoms. The molecule has 3 nitrogen and oxygen atoms in total. The van der Waals surface area contributed by atoms with Gasteiger partial charge in [0.15, 0.2) is 5.78 Å². The van der Waals surface area contributed by atoms with Gasteiger partial charge in [0.25, 0.3) is 0 Å². The maximum absolute atomic E-state index is 11.8. The molecule has 0 saturated heterocycles. The number of carbonyl (C=O) groups is 1. The third kappa shape index (κ3) is 3.62. The second kappa shape index (κ2) is 5.71. The Hall–Kier alpha value is -1.77. The highest BCUT2D eigenvalue weighted by Gasteiger charge is 2.18. The summed E-state index contributed by atoms with van der Waals surface area (Å²) in [6, 6.07) is 5.50. The van der Waals surface area contributed by atoms with Crippen LogP contribution >= 0.6 is 0 Å². The molecule has 0 atom stereocenters. The van der Waals surface area contributed by atoms with Crippen LogP contribution < -0.4 is 9.47 Å². The maximum Gasteiger partial charge on any atom is 0.161 e. The van der Waals surface area contributed by atoms with Gasteiger partial charge in [0, 0.05) is 17.0 Å². The van der Waals surface area contributed by atoms with Gasteiger partial charge in [-0.25, -0.2) is 0 Å². The number of hydrogen-bond acceptors (Lipinski definition) is 3. The average Bonchev–Trinajstić information content (AvgIpc) is 2.34. The van der Waals surface area contributed by atoms with Gasteiger partial charge in [-0.15, -0.1) is 0 Å². The van der Waals surface area contributed by atoms with Crippen molar-refractivity contribution in [1.82, 2.24) is 0 Å². The number of ether oxygens (including phenoxy) is 2. The Bertz CT molecular complexity index is 453. The quantitative estimate of drug-likeness (QED) is 0.767. The molecule has 0 amide bonds. The minimum Gasteiger partial charge on any atom is -0.497 e. The van der Waals surface area contributed by atoms with Gasteiger partial charge < -0.3 is 9.47 Å². The zero-order valence-corrected chi connectivity index (χ0v) is 11.6. The van der Waals surface area contributed by atoms with Gasteiger partial charge in [-0.05, 0) is 24.3 Å². The zero-order valence-electron chi connectivity index (χ0n) is 11.6. The normalized spacial score (nSPS) is 11.6. The molecule has 1 aromatic carbocycles. The number of methoxy groups -OCH3 is 2. The minimum atomic E-state index is -0.365. The van der Waals surface area contributed by atoms with Gasteiger partial charge in [0.05, 0.1) is 14.2 Å². The van der Waals surface area contributed by atoms with E-state index in [1.807, 2.05) is 32.9 Å². The van der Waals surface area contributed by atoms with Crippen molar-refractivity contribution in [2.75, 3.05) is 14.2 Å². The first-order valence-electron chi connectivity index (χ1n) is 5.83. The Morgan fingerprint density at radius 3 is 2.33 bits per heavy atom. The summed E-state index contributed by atoms with van der Waals surface area (Å²) < 4.78 is 10.4. The van der Waals surface area contributed by atoms with E-state index in [-0.39, 0.29) is 11.2 Å². The van der Waals surface area contributed by atoms with E-state index < -0.39 is 0 Å². The summed E-state index contributed by atoms with van der Waals surface area (Å²) in [5.41, 5.74) is 0.492. The summed E-state index contributed by atoms with van der Waals surface area (Å²) in [5.74, 6) is 1.50. The van der Waals surface area contributed by atoms with E-state index in [0.29, 0.717) is 5.75 Å². The molecule has 0 heterocycles. The summed E-state index contributed by atoms with van der Waals surface area (Å²) in [5, 5.41) is 0. The van der Waals surface area contributed by atoms with Crippen LogP contribution in [0.2, 0.25) is 0 Å². The summed E-state index contributed by atoms with van der Waals surface area (Å²) in [6.45, 7) is 5.68. The number of hydrogen-bond donors (Lipinski definition) is 0. The van der Waals surface area contributed by atoms with Crippen molar-refractivity contribution in [3.05, 3.63) is 29.8 Å². The van der Waals surface area contributed by atoms with Crippen molar-refractivity contribution in [2.45, 2.75) is 20.8 Å². The monoisotopic (exact) mass is 248 g/mol. The smallest absolute Gasteiger partial charge is 0.161 e. The lowest BCUT2D eigenvalue weighted by molar-refractivity contribution is -0.121. The van der Waals surface area contributed by atoms with Crippen molar-refractivity contribution >= 4 is 11.9 Å². The summed E-state index contributed by atoms with van der Waals surface area (Å²) in [6.07, 6.45) is 3.36. The molecule has 0 aromatic heterocycles. The fourth-order valence-electron chi connectivity index (χ4n) is 1.37. The Labute approximate surface area is 108 Å². The van der Waals surface area contributed by atoms with Crippen LogP contribution in [0, 0.1) is 5.41 Å². The first-order chi connectivity index (χ1) is 8.38. The molecule has 0 aliphatic heterocycles. The molecule has 0 N–H and O–H groups in total. The molecular formula is C15H20O3. The summed E-state index contributed by atoms with van der Waals surface area (Å²) in [7, 11) is 3.20. The molecule has 3 heteroatoms.